The summed E-state index contributed by atoms with van der Waals surface area (Å²) in [5.41, 5.74) is 1.60. The topological polar surface area (TPSA) is 21.3 Å². The number of nitrogens with one attached hydrogen (secondary N) is 1. The van der Waals surface area contributed by atoms with E-state index in [2.05, 4.69) is 43.4 Å². The van der Waals surface area contributed by atoms with Crippen LogP contribution < -0.4 is 5.32 Å². The van der Waals surface area contributed by atoms with Crippen LogP contribution in [0.3, 0.4) is 0 Å². The van der Waals surface area contributed by atoms with Crippen molar-refractivity contribution in [2.75, 3.05) is 7.05 Å². The maximum absolute atomic E-state index is 6.07. The van der Waals surface area contributed by atoms with Crippen LogP contribution in [0.25, 0.3) is 0 Å². The van der Waals surface area contributed by atoms with Crippen LogP contribution in [-0.2, 0) is 11.3 Å². The molecule has 0 radical (unpaired) electrons. The average molecular weight is 233 g/mol. The minimum Gasteiger partial charge on any atom is -0.372 e. The van der Waals surface area contributed by atoms with Crippen LogP contribution in [0.1, 0.15) is 32.3 Å². The van der Waals surface area contributed by atoms with Crippen LogP contribution in [0.4, 0.5) is 0 Å². The van der Waals surface area contributed by atoms with Crippen LogP contribution >= 0.6 is 0 Å². The minimum atomic E-state index is 0.343. The lowest BCUT2D eigenvalue weighted by molar-refractivity contribution is 0.0176. The Kier molecular flexibility index (Phi) is 3.85. The third-order valence-corrected chi connectivity index (χ3v) is 3.90. The largest absolute Gasteiger partial charge is 0.372 e. The second-order valence-electron chi connectivity index (χ2n) is 5.63. The van der Waals surface area contributed by atoms with Crippen molar-refractivity contribution in [2.45, 2.75) is 45.4 Å². The molecule has 2 heteroatoms. The number of likely N-dealkylation sites (N-methyl/N-ethyl adjacent to an activating group) is 1. The molecule has 1 aliphatic carbocycles. The predicted molar refractivity (Wildman–Crippen MR) is 70.9 cm³/mol. The summed E-state index contributed by atoms with van der Waals surface area (Å²) in [5.74, 6) is 0. The second kappa shape index (κ2) is 5.19. The fourth-order valence-corrected chi connectivity index (χ4v) is 2.87. The van der Waals surface area contributed by atoms with Crippen LogP contribution in [0.5, 0.6) is 0 Å². The van der Waals surface area contributed by atoms with Crippen LogP contribution in [-0.4, -0.2) is 19.2 Å². The smallest absolute Gasteiger partial charge is 0.0737 e. The number of hydrogen-bond donors (Lipinski definition) is 1. The van der Waals surface area contributed by atoms with Gasteiger partial charge in [0, 0.05) is 6.04 Å². The van der Waals surface area contributed by atoms with Gasteiger partial charge in [0.1, 0.15) is 0 Å². The normalized spacial score (nSPS) is 27.2. The van der Waals surface area contributed by atoms with E-state index in [-0.39, 0.29) is 0 Å². The van der Waals surface area contributed by atoms with Crippen molar-refractivity contribution >= 4 is 0 Å². The highest BCUT2D eigenvalue weighted by molar-refractivity contribution is 5.13. The minimum absolute atomic E-state index is 0.343. The maximum atomic E-state index is 6.07. The molecule has 2 nitrogen and oxygen atoms in total. The van der Waals surface area contributed by atoms with E-state index in [1.165, 1.54) is 12.0 Å². The fraction of sp³-hybridized carbons (Fsp3) is 0.600. The molecule has 2 rings (SSSR count). The van der Waals surface area contributed by atoms with Crippen molar-refractivity contribution in [1.82, 2.24) is 5.32 Å². The van der Waals surface area contributed by atoms with Crippen molar-refractivity contribution in [3.8, 4) is 0 Å². The first kappa shape index (κ1) is 12.6. The molecule has 1 aliphatic rings. The van der Waals surface area contributed by atoms with E-state index in [4.69, 9.17) is 4.74 Å². The lowest BCUT2D eigenvalue weighted by Gasteiger charge is -2.30. The zero-order chi connectivity index (χ0) is 12.3. The van der Waals surface area contributed by atoms with Crippen LogP contribution in [0.2, 0.25) is 0 Å². The molecule has 1 fully saturated rings. The van der Waals surface area contributed by atoms with E-state index in [9.17, 15) is 0 Å². The molecule has 1 N–H and O–H groups in total. The van der Waals surface area contributed by atoms with E-state index in [0.717, 1.165) is 13.0 Å². The number of benzene rings is 1. The highest BCUT2D eigenvalue weighted by Crippen LogP contribution is 2.39. The average Bonchev–Trinajstić information content (AvgIpc) is 2.62. The Hall–Kier alpha value is -0.860. The molecule has 0 bridgehead atoms. The summed E-state index contributed by atoms with van der Waals surface area (Å²) in [6.45, 7) is 5.36. The van der Waals surface area contributed by atoms with Gasteiger partial charge in [0.2, 0.25) is 0 Å². The van der Waals surface area contributed by atoms with Gasteiger partial charge in [-0.1, -0.05) is 44.2 Å². The van der Waals surface area contributed by atoms with Crippen molar-refractivity contribution in [1.29, 1.82) is 0 Å². The van der Waals surface area contributed by atoms with Crippen molar-refractivity contribution in [2.24, 2.45) is 5.41 Å². The Morgan fingerprint density at radius 1 is 1.29 bits per heavy atom. The van der Waals surface area contributed by atoms with Gasteiger partial charge in [-0.15, -0.1) is 0 Å². The number of rotatable bonds is 4. The molecule has 0 heterocycles. The van der Waals surface area contributed by atoms with Crippen LogP contribution in [0, 0.1) is 5.41 Å². The summed E-state index contributed by atoms with van der Waals surface area (Å²) < 4.78 is 6.07. The molecule has 17 heavy (non-hydrogen) atoms. The van der Waals surface area contributed by atoms with Gasteiger partial charge in [-0.05, 0) is 30.9 Å². The van der Waals surface area contributed by atoms with Gasteiger partial charge in [0.05, 0.1) is 12.7 Å². The Morgan fingerprint density at radius 2 is 2.00 bits per heavy atom. The van der Waals surface area contributed by atoms with Crippen molar-refractivity contribution in [3.63, 3.8) is 0 Å². The predicted octanol–water partition coefficient (Wildman–Crippen LogP) is 2.98. The SMILES string of the molecule is CNC1C(OCc2ccccc2)CCC1(C)C. The molecule has 1 saturated carbocycles. The van der Waals surface area contributed by atoms with Gasteiger partial charge in [-0.25, -0.2) is 0 Å². The Morgan fingerprint density at radius 3 is 2.65 bits per heavy atom. The third kappa shape index (κ3) is 2.88. The molecule has 0 amide bonds. The summed E-state index contributed by atoms with van der Waals surface area (Å²) in [5, 5.41) is 3.42. The molecular formula is C15H23NO. The number of hydrogen-bond acceptors (Lipinski definition) is 2. The maximum Gasteiger partial charge on any atom is 0.0737 e. The summed E-state index contributed by atoms with van der Waals surface area (Å²) in [7, 11) is 2.04. The van der Waals surface area contributed by atoms with Crippen LogP contribution in [0.15, 0.2) is 30.3 Å². The zero-order valence-corrected chi connectivity index (χ0v) is 11.1. The summed E-state index contributed by atoms with van der Waals surface area (Å²) >= 11 is 0. The van der Waals surface area contributed by atoms with Crippen molar-refractivity contribution in [3.05, 3.63) is 35.9 Å². The molecule has 0 spiro atoms. The molecular weight excluding hydrogens is 210 g/mol. The van der Waals surface area contributed by atoms with Gasteiger partial charge in [0.25, 0.3) is 0 Å². The fourth-order valence-electron chi connectivity index (χ4n) is 2.87. The molecule has 1 aromatic rings. The first-order chi connectivity index (χ1) is 8.13. The van der Waals surface area contributed by atoms with Gasteiger partial charge < -0.3 is 10.1 Å². The van der Waals surface area contributed by atoms with E-state index in [0.29, 0.717) is 17.6 Å². The molecule has 2 atom stereocenters. The molecule has 0 aliphatic heterocycles. The molecule has 1 aromatic carbocycles. The highest BCUT2D eigenvalue weighted by Gasteiger charge is 2.41. The van der Waals surface area contributed by atoms with E-state index in [1.807, 2.05) is 13.1 Å². The molecule has 0 aromatic heterocycles. The highest BCUT2D eigenvalue weighted by atomic mass is 16.5. The molecule has 0 saturated heterocycles. The van der Waals surface area contributed by atoms with Gasteiger partial charge in [0.15, 0.2) is 0 Å². The third-order valence-electron chi connectivity index (χ3n) is 3.90. The lowest BCUT2D eigenvalue weighted by Crippen LogP contribution is -2.43. The quantitative estimate of drug-likeness (QED) is 0.863. The van der Waals surface area contributed by atoms with Gasteiger partial charge >= 0.3 is 0 Å². The monoisotopic (exact) mass is 233 g/mol. The number of ether oxygens (including phenoxy) is 1. The lowest BCUT2D eigenvalue weighted by atomic mass is 9.87. The van der Waals surface area contributed by atoms with Crippen molar-refractivity contribution < 1.29 is 4.74 Å². The van der Waals surface area contributed by atoms with Gasteiger partial charge in [-0.2, -0.15) is 0 Å². The zero-order valence-electron chi connectivity index (χ0n) is 11.1. The first-order valence-corrected chi connectivity index (χ1v) is 6.46. The Balaban J connectivity index is 1.92. The summed E-state index contributed by atoms with van der Waals surface area (Å²) in [6.07, 6.45) is 2.73. The first-order valence-electron chi connectivity index (χ1n) is 6.46. The van der Waals surface area contributed by atoms with E-state index < -0.39 is 0 Å². The van der Waals surface area contributed by atoms with E-state index >= 15 is 0 Å². The molecule has 94 valence electrons. The Labute approximate surface area is 104 Å². The summed E-state index contributed by atoms with van der Waals surface area (Å²) in [4.78, 5) is 0. The standard InChI is InChI=1S/C15H23NO/c1-15(2)10-9-13(14(15)16-3)17-11-12-7-5-4-6-8-12/h4-8,13-14,16H,9-11H2,1-3H3. The summed E-state index contributed by atoms with van der Waals surface area (Å²) in [6, 6.07) is 10.9. The van der Waals surface area contributed by atoms with Gasteiger partial charge in [-0.3, -0.25) is 0 Å². The van der Waals surface area contributed by atoms with E-state index in [1.54, 1.807) is 0 Å². The molecule has 2 unspecified atom stereocenters. The Bertz CT molecular complexity index is 347. The second-order valence-corrected chi connectivity index (χ2v) is 5.63.